The van der Waals surface area contributed by atoms with E-state index in [4.69, 9.17) is 9.15 Å². The van der Waals surface area contributed by atoms with Gasteiger partial charge in [-0.3, -0.25) is 5.10 Å². The zero-order chi connectivity index (χ0) is 12.4. The van der Waals surface area contributed by atoms with Crippen molar-refractivity contribution in [3.63, 3.8) is 0 Å². The van der Waals surface area contributed by atoms with Gasteiger partial charge >= 0.3 is 0 Å². The first-order chi connectivity index (χ1) is 8.86. The lowest BCUT2D eigenvalue weighted by molar-refractivity contribution is 0.415. The molecule has 0 atom stereocenters. The van der Waals surface area contributed by atoms with Crippen molar-refractivity contribution in [2.24, 2.45) is 0 Å². The molecule has 5 nitrogen and oxygen atoms in total. The van der Waals surface area contributed by atoms with Gasteiger partial charge in [0.1, 0.15) is 12.0 Å². The average molecular weight is 241 g/mol. The van der Waals surface area contributed by atoms with Crippen molar-refractivity contribution in [3.05, 3.63) is 42.9 Å². The van der Waals surface area contributed by atoms with E-state index >= 15 is 0 Å². The number of hydrogen-bond donors (Lipinski definition) is 1. The summed E-state index contributed by atoms with van der Waals surface area (Å²) < 4.78 is 10.2. The van der Waals surface area contributed by atoms with E-state index in [1.54, 1.807) is 19.6 Å². The van der Waals surface area contributed by atoms with Gasteiger partial charge in [-0.15, -0.1) is 0 Å². The second-order valence-corrected chi connectivity index (χ2v) is 3.75. The highest BCUT2D eigenvalue weighted by Crippen LogP contribution is 2.23. The third-order valence-electron chi connectivity index (χ3n) is 2.61. The van der Waals surface area contributed by atoms with E-state index in [9.17, 15) is 0 Å². The minimum Gasteiger partial charge on any atom is -0.497 e. The number of aromatic amines is 1. The van der Waals surface area contributed by atoms with E-state index in [1.165, 1.54) is 0 Å². The van der Waals surface area contributed by atoms with Crippen LogP contribution in [0.25, 0.3) is 22.8 Å². The largest absolute Gasteiger partial charge is 0.497 e. The molecule has 0 unspecified atom stereocenters. The summed E-state index contributed by atoms with van der Waals surface area (Å²) in [5.74, 6) is 2.10. The van der Waals surface area contributed by atoms with E-state index in [0.717, 1.165) is 16.9 Å². The number of hydrogen-bond acceptors (Lipinski definition) is 4. The van der Waals surface area contributed by atoms with Crippen molar-refractivity contribution in [2.75, 3.05) is 7.11 Å². The van der Waals surface area contributed by atoms with Crippen LogP contribution in [0.15, 0.2) is 47.3 Å². The highest BCUT2D eigenvalue weighted by Gasteiger charge is 2.08. The molecule has 0 bridgehead atoms. The fraction of sp³-hybridized carbons (Fsp3) is 0.0769. The second-order valence-electron chi connectivity index (χ2n) is 3.75. The van der Waals surface area contributed by atoms with Crippen molar-refractivity contribution in [1.29, 1.82) is 0 Å². The lowest BCUT2D eigenvalue weighted by Gasteiger charge is -2.00. The fourth-order valence-electron chi connectivity index (χ4n) is 1.68. The molecule has 0 saturated carbocycles. The first-order valence-electron chi connectivity index (χ1n) is 5.46. The highest BCUT2D eigenvalue weighted by molar-refractivity contribution is 5.61. The number of H-pyrrole nitrogens is 1. The smallest absolute Gasteiger partial charge is 0.184 e. The molecule has 1 aromatic carbocycles. The third-order valence-corrected chi connectivity index (χ3v) is 2.61. The number of benzene rings is 1. The number of rotatable bonds is 3. The molecule has 5 heteroatoms. The Bertz CT molecular complexity index is 644. The molecule has 2 aromatic heterocycles. The summed E-state index contributed by atoms with van der Waals surface area (Å²) in [5, 5.41) is 7.06. The SMILES string of the molecule is COc1cccc(-c2nc(-c3ccoc3)n[nH]2)c1. The Labute approximate surface area is 103 Å². The highest BCUT2D eigenvalue weighted by atomic mass is 16.5. The zero-order valence-corrected chi connectivity index (χ0v) is 9.75. The molecule has 0 radical (unpaired) electrons. The topological polar surface area (TPSA) is 63.9 Å². The molecule has 0 spiro atoms. The predicted octanol–water partition coefficient (Wildman–Crippen LogP) is 2.74. The Kier molecular flexibility index (Phi) is 2.57. The van der Waals surface area contributed by atoms with Crippen LogP contribution in [0.4, 0.5) is 0 Å². The Morgan fingerprint density at radius 1 is 1.22 bits per heavy atom. The van der Waals surface area contributed by atoms with Gasteiger partial charge in [-0.25, -0.2) is 4.98 Å². The normalized spacial score (nSPS) is 10.5. The minimum atomic E-state index is 0.613. The zero-order valence-electron chi connectivity index (χ0n) is 9.75. The summed E-state index contributed by atoms with van der Waals surface area (Å²) in [6.45, 7) is 0. The van der Waals surface area contributed by atoms with Crippen molar-refractivity contribution in [2.45, 2.75) is 0 Å². The van der Waals surface area contributed by atoms with Crippen molar-refractivity contribution in [1.82, 2.24) is 15.2 Å². The first kappa shape index (κ1) is 10.6. The summed E-state index contributed by atoms with van der Waals surface area (Å²) >= 11 is 0. The Hall–Kier alpha value is -2.56. The van der Waals surface area contributed by atoms with Crippen LogP contribution in [0, 0.1) is 0 Å². The van der Waals surface area contributed by atoms with E-state index in [2.05, 4.69) is 15.2 Å². The summed E-state index contributed by atoms with van der Waals surface area (Å²) in [6, 6.07) is 9.46. The molecule has 0 aliphatic carbocycles. The monoisotopic (exact) mass is 241 g/mol. The molecule has 0 amide bonds. The van der Waals surface area contributed by atoms with E-state index in [1.807, 2.05) is 30.3 Å². The van der Waals surface area contributed by atoms with Crippen LogP contribution in [-0.2, 0) is 0 Å². The molecular formula is C13H11N3O2. The predicted molar refractivity (Wildman–Crippen MR) is 66.1 cm³/mol. The molecule has 18 heavy (non-hydrogen) atoms. The fourth-order valence-corrected chi connectivity index (χ4v) is 1.68. The molecule has 3 rings (SSSR count). The molecule has 0 aliphatic heterocycles. The number of nitrogens with zero attached hydrogens (tertiary/aromatic N) is 2. The Morgan fingerprint density at radius 2 is 2.17 bits per heavy atom. The van der Waals surface area contributed by atoms with Crippen LogP contribution in [0.1, 0.15) is 0 Å². The van der Waals surface area contributed by atoms with Gasteiger partial charge in [0.05, 0.1) is 18.9 Å². The molecule has 2 heterocycles. The van der Waals surface area contributed by atoms with Gasteiger partial charge in [-0.2, -0.15) is 5.10 Å². The molecular weight excluding hydrogens is 230 g/mol. The van der Waals surface area contributed by atoms with Crippen LogP contribution in [0.3, 0.4) is 0 Å². The third kappa shape index (κ3) is 1.86. The summed E-state index contributed by atoms with van der Waals surface area (Å²) in [5.41, 5.74) is 1.77. The number of aromatic nitrogens is 3. The van der Waals surface area contributed by atoms with E-state index in [-0.39, 0.29) is 0 Å². The average Bonchev–Trinajstić information content (AvgIpc) is 3.09. The Balaban J connectivity index is 1.97. The Morgan fingerprint density at radius 3 is 2.94 bits per heavy atom. The van der Waals surface area contributed by atoms with Crippen LogP contribution >= 0.6 is 0 Å². The maximum Gasteiger partial charge on any atom is 0.184 e. The van der Waals surface area contributed by atoms with E-state index < -0.39 is 0 Å². The minimum absolute atomic E-state index is 0.613. The molecule has 1 N–H and O–H groups in total. The molecule has 0 aliphatic rings. The molecule has 3 aromatic rings. The van der Waals surface area contributed by atoms with Crippen molar-refractivity contribution >= 4 is 0 Å². The van der Waals surface area contributed by atoms with E-state index in [0.29, 0.717) is 11.6 Å². The van der Waals surface area contributed by atoms with Crippen LogP contribution in [-0.4, -0.2) is 22.3 Å². The molecule has 0 saturated heterocycles. The summed E-state index contributed by atoms with van der Waals surface area (Å²) in [6.07, 6.45) is 3.20. The van der Waals surface area contributed by atoms with Gasteiger partial charge in [-0.05, 0) is 18.2 Å². The maximum absolute atomic E-state index is 5.18. The standard InChI is InChI=1S/C13H11N3O2/c1-17-11-4-2-3-9(7-11)12-14-13(16-15-12)10-5-6-18-8-10/h2-8H,1H3,(H,14,15,16). The first-order valence-corrected chi connectivity index (χ1v) is 5.46. The molecule has 90 valence electrons. The number of nitrogens with one attached hydrogen (secondary N) is 1. The van der Waals surface area contributed by atoms with Crippen molar-refractivity contribution in [3.8, 4) is 28.5 Å². The van der Waals surface area contributed by atoms with Gasteiger partial charge in [0.15, 0.2) is 11.6 Å². The van der Waals surface area contributed by atoms with Gasteiger partial charge in [0.2, 0.25) is 0 Å². The quantitative estimate of drug-likeness (QED) is 0.765. The van der Waals surface area contributed by atoms with Gasteiger partial charge in [-0.1, -0.05) is 12.1 Å². The summed E-state index contributed by atoms with van der Waals surface area (Å²) in [7, 11) is 1.64. The summed E-state index contributed by atoms with van der Waals surface area (Å²) in [4.78, 5) is 4.42. The second kappa shape index (κ2) is 4.37. The van der Waals surface area contributed by atoms with Crippen LogP contribution in [0.2, 0.25) is 0 Å². The van der Waals surface area contributed by atoms with Crippen LogP contribution in [0.5, 0.6) is 5.75 Å². The van der Waals surface area contributed by atoms with Gasteiger partial charge < -0.3 is 9.15 Å². The van der Waals surface area contributed by atoms with Crippen LogP contribution < -0.4 is 4.74 Å². The lowest BCUT2D eigenvalue weighted by atomic mass is 10.2. The number of ether oxygens (including phenoxy) is 1. The van der Waals surface area contributed by atoms with Crippen molar-refractivity contribution < 1.29 is 9.15 Å². The lowest BCUT2D eigenvalue weighted by Crippen LogP contribution is -1.85. The number of furan rings is 1. The number of methoxy groups -OCH3 is 1. The van der Waals surface area contributed by atoms with Gasteiger partial charge in [0, 0.05) is 5.56 Å². The van der Waals surface area contributed by atoms with Gasteiger partial charge in [0.25, 0.3) is 0 Å². The molecule has 0 fully saturated rings. The maximum atomic E-state index is 5.18.